The number of hydrogen-bond acceptors (Lipinski definition) is 8. The molecule has 1 aliphatic carbocycles. The molecule has 3 rings (SSSR count). The summed E-state index contributed by atoms with van der Waals surface area (Å²) in [5.41, 5.74) is 11.1. The van der Waals surface area contributed by atoms with Gasteiger partial charge < -0.3 is 26.8 Å². The zero-order valence-electron chi connectivity index (χ0n) is 15.7. The molecule has 7 N–H and O–H groups in total. The topological polar surface area (TPSA) is 161 Å². The molecule has 2 aromatic heterocycles. The number of anilines is 3. The molecular weight excluding hydrogens is 362 g/mol. The molecule has 0 aliphatic heterocycles. The lowest BCUT2D eigenvalue weighted by molar-refractivity contribution is 0.0999. The van der Waals surface area contributed by atoms with E-state index in [2.05, 4.69) is 25.6 Å². The van der Waals surface area contributed by atoms with Crippen LogP contribution in [-0.4, -0.2) is 40.1 Å². The third-order valence-corrected chi connectivity index (χ3v) is 4.83. The third-order valence-electron chi connectivity index (χ3n) is 4.83. The monoisotopic (exact) mass is 387 g/mol. The number of nitrogens with two attached hydrogens (primary N) is 2. The van der Waals surface area contributed by atoms with E-state index < -0.39 is 11.5 Å². The fourth-order valence-corrected chi connectivity index (χ4v) is 3.28. The van der Waals surface area contributed by atoms with Gasteiger partial charge in [0.25, 0.3) is 11.5 Å². The number of aromatic amines is 1. The van der Waals surface area contributed by atoms with Gasteiger partial charge in [0.2, 0.25) is 11.8 Å². The Morgan fingerprint density at radius 2 is 2.07 bits per heavy atom. The average Bonchev–Trinajstić information content (AvgIpc) is 2.67. The highest BCUT2D eigenvalue weighted by atomic mass is 16.5. The van der Waals surface area contributed by atoms with Crippen molar-refractivity contribution in [2.24, 2.45) is 11.5 Å². The molecule has 0 atom stereocenters. The molecule has 1 fully saturated rings. The molecule has 1 amide bonds. The van der Waals surface area contributed by atoms with Gasteiger partial charge in [-0.25, -0.2) is 4.98 Å². The van der Waals surface area contributed by atoms with E-state index in [1.807, 2.05) is 0 Å². The fourth-order valence-electron chi connectivity index (χ4n) is 3.28. The van der Waals surface area contributed by atoms with Gasteiger partial charge in [0, 0.05) is 18.2 Å². The van der Waals surface area contributed by atoms with Crippen molar-refractivity contribution in [3.05, 3.63) is 34.2 Å². The number of nitrogens with zero attached hydrogens (tertiary/aromatic N) is 2. The first-order valence-corrected chi connectivity index (χ1v) is 9.14. The Hall–Kier alpha value is -3.14. The van der Waals surface area contributed by atoms with E-state index in [0.29, 0.717) is 18.1 Å². The van der Waals surface area contributed by atoms with Gasteiger partial charge in [0.15, 0.2) is 5.82 Å². The minimum Gasteiger partial charge on any atom is -0.481 e. The first-order chi connectivity index (χ1) is 13.4. The molecule has 0 unspecified atom stereocenters. The Morgan fingerprint density at radius 1 is 1.32 bits per heavy atom. The van der Waals surface area contributed by atoms with Crippen molar-refractivity contribution in [2.45, 2.75) is 37.6 Å². The molecule has 1 saturated carbocycles. The van der Waals surface area contributed by atoms with Crippen LogP contribution < -0.4 is 32.4 Å². The Morgan fingerprint density at radius 3 is 2.68 bits per heavy atom. The second-order valence-electron chi connectivity index (χ2n) is 6.99. The lowest BCUT2D eigenvalue weighted by Crippen LogP contribution is -2.48. The summed E-state index contributed by atoms with van der Waals surface area (Å²) in [7, 11) is 1.51. The van der Waals surface area contributed by atoms with E-state index in [-0.39, 0.29) is 22.9 Å². The summed E-state index contributed by atoms with van der Waals surface area (Å²) >= 11 is 0. The summed E-state index contributed by atoms with van der Waals surface area (Å²) in [6.45, 7) is 0.468. The quantitative estimate of drug-likeness (QED) is 0.472. The summed E-state index contributed by atoms with van der Waals surface area (Å²) in [5, 5.41) is 6.00. The van der Waals surface area contributed by atoms with E-state index in [1.54, 1.807) is 12.1 Å². The average molecular weight is 387 g/mol. The van der Waals surface area contributed by atoms with Gasteiger partial charge in [0.05, 0.1) is 19.0 Å². The van der Waals surface area contributed by atoms with E-state index in [1.165, 1.54) is 19.7 Å². The Kier molecular flexibility index (Phi) is 5.78. The largest absolute Gasteiger partial charge is 0.481 e. The van der Waals surface area contributed by atoms with Crippen LogP contribution in [0.5, 0.6) is 5.88 Å². The number of pyridine rings is 1. The maximum Gasteiger partial charge on any atom is 0.267 e. The maximum absolute atomic E-state index is 12.4. The van der Waals surface area contributed by atoms with Gasteiger partial charge in [0.1, 0.15) is 5.56 Å². The van der Waals surface area contributed by atoms with E-state index in [9.17, 15) is 9.59 Å². The first-order valence-electron chi connectivity index (χ1n) is 9.14. The van der Waals surface area contributed by atoms with Gasteiger partial charge >= 0.3 is 0 Å². The van der Waals surface area contributed by atoms with E-state index in [0.717, 1.165) is 25.7 Å². The highest BCUT2D eigenvalue weighted by molar-refractivity contribution is 5.98. The minimum atomic E-state index is -0.883. The normalized spacial score (nSPS) is 15.6. The van der Waals surface area contributed by atoms with Gasteiger partial charge in [-0.3, -0.25) is 14.6 Å². The Balaban J connectivity index is 1.84. The van der Waals surface area contributed by atoms with Crippen LogP contribution in [-0.2, 0) is 0 Å². The number of carbonyl (C=O) groups is 1. The molecule has 1 aliphatic rings. The van der Waals surface area contributed by atoms with Crippen LogP contribution >= 0.6 is 0 Å². The zero-order chi connectivity index (χ0) is 20.1. The molecule has 0 aromatic carbocycles. The predicted molar refractivity (Wildman–Crippen MR) is 106 cm³/mol. The molecule has 2 aromatic rings. The number of amides is 1. The molecule has 150 valence electrons. The van der Waals surface area contributed by atoms with Crippen LogP contribution in [0, 0.1) is 0 Å². The van der Waals surface area contributed by atoms with Crippen molar-refractivity contribution in [2.75, 3.05) is 24.3 Å². The molecule has 0 radical (unpaired) electrons. The van der Waals surface area contributed by atoms with Gasteiger partial charge in [-0.05, 0) is 18.9 Å². The van der Waals surface area contributed by atoms with Crippen LogP contribution in [0.1, 0.15) is 42.5 Å². The van der Waals surface area contributed by atoms with Gasteiger partial charge in [-0.2, -0.15) is 4.98 Å². The van der Waals surface area contributed by atoms with Crippen molar-refractivity contribution >= 4 is 23.4 Å². The summed E-state index contributed by atoms with van der Waals surface area (Å²) in [5.74, 6) is -0.190. The van der Waals surface area contributed by atoms with Crippen LogP contribution in [0.3, 0.4) is 0 Å². The van der Waals surface area contributed by atoms with Gasteiger partial charge in [-0.15, -0.1) is 0 Å². The number of hydrogen-bond donors (Lipinski definition) is 5. The number of ether oxygens (including phenoxy) is 1. The van der Waals surface area contributed by atoms with Crippen molar-refractivity contribution in [3.63, 3.8) is 0 Å². The van der Waals surface area contributed by atoms with Crippen molar-refractivity contribution < 1.29 is 9.53 Å². The highest BCUT2D eigenvalue weighted by Crippen LogP contribution is 2.26. The second kappa shape index (κ2) is 8.26. The molecule has 28 heavy (non-hydrogen) atoms. The van der Waals surface area contributed by atoms with E-state index >= 15 is 0 Å². The van der Waals surface area contributed by atoms with Gasteiger partial charge in [-0.1, -0.05) is 19.3 Å². The van der Waals surface area contributed by atoms with Crippen LogP contribution in [0.4, 0.5) is 17.5 Å². The van der Waals surface area contributed by atoms with Crippen LogP contribution in [0.2, 0.25) is 0 Å². The Labute approximate surface area is 162 Å². The van der Waals surface area contributed by atoms with E-state index in [4.69, 9.17) is 16.2 Å². The number of H-pyrrole nitrogens is 1. The second-order valence-corrected chi connectivity index (χ2v) is 6.99. The highest BCUT2D eigenvalue weighted by Gasteiger charge is 2.27. The minimum absolute atomic E-state index is 0.0421. The molecule has 10 heteroatoms. The molecule has 2 heterocycles. The van der Waals surface area contributed by atoms with Crippen molar-refractivity contribution in [1.82, 2.24) is 15.0 Å². The number of methoxy groups -OCH3 is 1. The number of aromatic nitrogens is 3. The molecular formula is C18H25N7O3. The summed E-state index contributed by atoms with van der Waals surface area (Å²) in [4.78, 5) is 35.1. The number of primary amides is 1. The number of rotatable bonds is 7. The summed E-state index contributed by atoms with van der Waals surface area (Å²) in [6, 6.07) is 3.32. The summed E-state index contributed by atoms with van der Waals surface area (Å²) < 4.78 is 5.01. The Bertz CT molecular complexity index is 889. The molecule has 0 bridgehead atoms. The number of nitrogens with one attached hydrogen (secondary N) is 3. The molecule has 0 saturated heterocycles. The van der Waals surface area contributed by atoms with Crippen LogP contribution in [0.25, 0.3) is 0 Å². The fraction of sp³-hybridized carbons (Fsp3) is 0.444. The first kappa shape index (κ1) is 19.6. The third kappa shape index (κ3) is 4.58. The lowest BCUT2D eigenvalue weighted by Gasteiger charge is -2.33. The molecule has 0 spiro atoms. The summed E-state index contributed by atoms with van der Waals surface area (Å²) in [6.07, 6.45) is 6.67. The lowest BCUT2D eigenvalue weighted by atomic mass is 9.82. The number of carbonyl (C=O) groups excluding carboxylic acids is 1. The zero-order valence-corrected chi connectivity index (χ0v) is 15.7. The SMILES string of the molecule is COc1ccc(Nc2nc(NCC3(N)CCCCC3)[nH]c(=O)c2C(N)=O)cn1. The molecule has 10 nitrogen and oxygen atoms in total. The smallest absolute Gasteiger partial charge is 0.267 e. The van der Waals surface area contributed by atoms with Crippen molar-refractivity contribution in [1.29, 1.82) is 0 Å². The van der Waals surface area contributed by atoms with Crippen molar-refractivity contribution in [3.8, 4) is 5.88 Å². The predicted octanol–water partition coefficient (Wildman–Crippen LogP) is 1.09. The maximum atomic E-state index is 12.4. The van der Waals surface area contributed by atoms with Crippen LogP contribution in [0.15, 0.2) is 23.1 Å². The standard InChI is InChI=1S/C18H25N7O3/c1-28-12-6-5-11(9-21-12)23-15-13(14(19)26)16(27)25-17(24-15)22-10-18(20)7-3-2-4-8-18/h5-6,9H,2-4,7-8,10,20H2,1H3,(H2,19,26)(H3,22,23,24,25,27).